The van der Waals surface area contributed by atoms with Crippen molar-refractivity contribution in [3.8, 4) is 0 Å². The lowest BCUT2D eigenvalue weighted by Gasteiger charge is -2.51. The molecule has 0 spiro atoms. The molecule has 1 atom stereocenters. The number of β-lactam (4-membered cyclic amide) rings is 1. The number of thiazole rings is 1. The van der Waals surface area contributed by atoms with Gasteiger partial charge in [0.15, 0.2) is 17.5 Å². The molecule has 5 rings (SSSR count). The van der Waals surface area contributed by atoms with Crippen LogP contribution in [0.2, 0.25) is 0 Å². The summed E-state index contributed by atoms with van der Waals surface area (Å²) in [6.45, 7) is 12.6. The van der Waals surface area contributed by atoms with Crippen molar-refractivity contribution in [1.29, 1.82) is 0 Å². The van der Waals surface area contributed by atoms with Crippen molar-refractivity contribution in [1.82, 2.24) is 15.4 Å². The van der Waals surface area contributed by atoms with Gasteiger partial charge in [0.2, 0.25) is 6.61 Å². The number of hydrogen-bond donors (Lipinski definition) is 2. The van der Waals surface area contributed by atoms with Crippen LogP contribution in [0.3, 0.4) is 0 Å². The molecule has 0 aliphatic carbocycles. The molecule has 2 N–H and O–H groups in total. The molecule has 13 nitrogen and oxygen atoms in total. The van der Waals surface area contributed by atoms with Crippen molar-refractivity contribution in [3.05, 3.63) is 119 Å². The Morgan fingerprint density at radius 3 is 1.71 bits per heavy atom. The number of nitrogens with zero attached hydrogens (tertiary/aromatic N) is 3. The first-order valence-electron chi connectivity index (χ1n) is 17.7. The van der Waals surface area contributed by atoms with Crippen molar-refractivity contribution < 1.29 is 38.3 Å². The van der Waals surface area contributed by atoms with Gasteiger partial charge in [-0.2, -0.15) is 0 Å². The molecule has 1 aromatic heterocycles. The van der Waals surface area contributed by atoms with Gasteiger partial charge in [0.25, 0.3) is 11.8 Å². The maximum Gasteiger partial charge on any atom is 0.347 e. The highest BCUT2D eigenvalue weighted by Gasteiger charge is 2.57. The zero-order chi connectivity index (χ0) is 40.0. The first-order valence-corrected chi connectivity index (χ1v) is 18.6. The number of carbonyl (C=O) groups excluding carboxylic acids is 4. The summed E-state index contributed by atoms with van der Waals surface area (Å²) in [6, 6.07) is 28.8. The summed E-state index contributed by atoms with van der Waals surface area (Å²) in [7, 11) is 0. The lowest BCUT2D eigenvalue weighted by Crippen LogP contribution is -2.76. The molecule has 1 fully saturated rings. The van der Waals surface area contributed by atoms with E-state index in [2.05, 4.69) is 15.8 Å². The van der Waals surface area contributed by atoms with Crippen molar-refractivity contribution in [2.75, 3.05) is 18.5 Å². The molecule has 4 aromatic rings. The normalized spacial score (nSPS) is 15.8. The van der Waals surface area contributed by atoms with E-state index in [0.29, 0.717) is 5.13 Å². The fourth-order valence-corrected chi connectivity index (χ4v) is 6.77. The highest BCUT2D eigenvalue weighted by molar-refractivity contribution is 7.14. The van der Waals surface area contributed by atoms with Gasteiger partial charge in [0.05, 0.1) is 5.54 Å². The van der Waals surface area contributed by atoms with E-state index < -0.39 is 65.3 Å². The first-order chi connectivity index (χ1) is 25.9. The van der Waals surface area contributed by atoms with Gasteiger partial charge in [-0.25, -0.2) is 19.6 Å². The SMILES string of the molecule is CC(C)(C)OC(=O)CON=C(C(=O)N[C@@H]1C(=O)N(OCC(=O)OC(C)(C)C)C1(C)C)c1csc(NC(c2ccccc2)(c2ccccc2)c2ccccc2)n1. The maximum absolute atomic E-state index is 14.0. The minimum Gasteiger partial charge on any atom is -0.458 e. The molecular weight excluding hydrogens is 723 g/mol. The molecule has 1 saturated heterocycles. The van der Waals surface area contributed by atoms with Crippen LogP contribution in [0.1, 0.15) is 77.8 Å². The molecule has 0 saturated carbocycles. The van der Waals surface area contributed by atoms with Crippen molar-refractivity contribution in [2.24, 2.45) is 5.16 Å². The number of anilines is 1. The van der Waals surface area contributed by atoms with E-state index in [0.717, 1.165) is 21.8 Å². The van der Waals surface area contributed by atoms with Crippen LogP contribution in [0.4, 0.5) is 5.13 Å². The van der Waals surface area contributed by atoms with E-state index in [-0.39, 0.29) is 11.4 Å². The second kappa shape index (κ2) is 16.4. The Morgan fingerprint density at radius 1 is 0.782 bits per heavy atom. The summed E-state index contributed by atoms with van der Waals surface area (Å²) in [5, 5.41) is 13.5. The van der Waals surface area contributed by atoms with Gasteiger partial charge in [0.1, 0.15) is 28.5 Å². The molecule has 0 bridgehead atoms. The third-order valence-electron chi connectivity index (χ3n) is 8.32. The van der Waals surface area contributed by atoms with Crippen LogP contribution in [0, 0.1) is 0 Å². The minimum atomic E-state index is -1.06. The number of carbonyl (C=O) groups is 4. The summed E-state index contributed by atoms with van der Waals surface area (Å²) in [5.74, 6) is -2.72. The van der Waals surface area contributed by atoms with Gasteiger partial charge in [-0.05, 0) is 72.1 Å². The van der Waals surface area contributed by atoms with Gasteiger partial charge in [-0.1, -0.05) is 96.2 Å². The lowest BCUT2D eigenvalue weighted by molar-refractivity contribution is -0.259. The molecular formula is C41H47N5O8S. The number of nitrogens with one attached hydrogen (secondary N) is 2. The monoisotopic (exact) mass is 769 g/mol. The number of esters is 2. The Morgan fingerprint density at radius 2 is 1.25 bits per heavy atom. The van der Waals surface area contributed by atoms with E-state index >= 15 is 0 Å². The Bertz CT molecular complexity index is 1910. The molecule has 2 amide bonds. The van der Waals surface area contributed by atoms with Crippen molar-refractivity contribution in [3.63, 3.8) is 0 Å². The highest BCUT2D eigenvalue weighted by atomic mass is 32.1. The largest absolute Gasteiger partial charge is 0.458 e. The highest BCUT2D eigenvalue weighted by Crippen LogP contribution is 2.41. The van der Waals surface area contributed by atoms with E-state index in [1.807, 2.05) is 91.0 Å². The third kappa shape index (κ3) is 9.75. The second-order valence-electron chi connectivity index (χ2n) is 15.4. The summed E-state index contributed by atoms with van der Waals surface area (Å²) < 4.78 is 10.6. The Balaban J connectivity index is 1.45. The quantitative estimate of drug-likeness (QED) is 0.0514. The molecule has 14 heteroatoms. The Hall–Kier alpha value is -5.60. The molecule has 1 aliphatic heterocycles. The number of hydrogen-bond acceptors (Lipinski definition) is 12. The summed E-state index contributed by atoms with van der Waals surface area (Å²) in [4.78, 5) is 67.6. The van der Waals surface area contributed by atoms with Crippen LogP contribution >= 0.6 is 11.3 Å². The fraction of sp³-hybridized carbons (Fsp3) is 0.366. The zero-order valence-electron chi connectivity index (χ0n) is 32.2. The van der Waals surface area contributed by atoms with Crippen LogP contribution < -0.4 is 10.6 Å². The summed E-state index contributed by atoms with van der Waals surface area (Å²) in [6.07, 6.45) is 0. The summed E-state index contributed by atoms with van der Waals surface area (Å²) >= 11 is 1.24. The molecule has 0 radical (unpaired) electrons. The maximum atomic E-state index is 14.0. The number of hydroxylamine groups is 2. The van der Waals surface area contributed by atoms with Gasteiger partial charge >= 0.3 is 11.9 Å². The van der Waals surface area contributed by atoms with Crippen LogP contribution in [-0.2, 0) is 43.9 Å². The van der Waals surface area contributed by atoms with E-state index in [9.17, 15) is 19.2 Å². The Labute approximate surface area is 325 Å². The smallest absolute Gasteiger partial charge is 0.347 e. The minimum absolute atomic E-state index is 0.125. The average molecular weight is 770 g/mol. The van der Waals surface area contributed by atoms with Crippen molar-refractivity contribution >= 4 is 45.9 Å². The van der Waals surface area contributed by atoms with Gasteiger partial charge in [0, 0.05) is 5.38 Å². The van der Waals surface area contributed by atoms with Crippen LogP contribution in [0.5, 0.6) is 0 Å². The molecule has 1 aliphatic rings. The lowest BCUT2D eigenvalue weighted by atomic mass is 9.77. The van der Waals surface area contributed by atoms with Crippen LogP contribution in [-0.4, -0.2) is 75.5 Å². The van der Waals surface area contributed by atoms with E-state index in [1.165, 1.54) is 11.3 Å². The molecule has 55 heavy (non-hydrogen) atoms. The number of oxime groups is 1. The predicted octanol–water partition coefficient (Wildman–Crippen LogP) is 5.99. The predicted molar refractivity (Wildman–Crippen MR) is 208 cm³/mol. The number of ether oxygens (including phenoxy) is 2. The van der Waals surface area contributed by atoms with E-state index in [1.54, 1.807) is 60.8 Å². The second-order valence-corrected chi connectivity index (χ2v) is 16.2. The number of rotatable bonds is 14. The average Bonchev–Trinajstić information content (AvgIpc) is 3.58. The van der Waals surface area contributed by atoms with Crippen molar-refractivity contribution in [2.45, 2.75) is 83.7 Å². The third-order valence-corrected chi connectivity index (χ3v) is 9.08. The Kier molecular flexibility index (Phi) is 12.1. The molecule has 3 aromatic carbocycles. The summed E-state index contributed by atoms with van der Waals surface area (Å²) in [5.41, 5.74) is -0.792. The first kappa shape index (κ1) is 40.6. The molecule has 0 unspecified atom stereocenters. The van der Waals surface area contributed by atoms with Gasteiger partial charge < -0.3 is 24.9 Å². The topological polar surface area (TPSA) is 158 Å². The van der Waals surface area contributed by atoms with Gasteiger partial charge in [-0.15, -0.1) is 11.3 Å². The zero-order valence-corrected chi connectivity index (χ0v) is 33.1. The van der Waals surface area contributed by atoms with Gasteiger partial charge in [-0.3, -0.25) is 14.4 Å². The standard InChI is InChI=1S/C41H47N5O8S/c1-38(2,3)53-31(47)24-51-45-33(35(49)43-34-36(50)46(40(34,7)8)52-25-32(48)54-39(4,5)6)30-26-55-37(42-30)44-41(27-18-12-9-13-19-27,28-20-14-10-15-21-28)29-22-16-11-17-23-29/h9-23,26,34H,24-25H2,1-8H3,(H,42,44)(H,43,49)/t34-/m1/s1. The number of benzene rings is 3. The molecule has 290 valence electrons. The number of amides is 2. The molecule has 2 heterocycles. The number of aromatic nitrogens is 1. The van der Waals surface area contributed by atoms with Crippen LogP contribution in [0.25, 0.3) is 0 Å². The fourth-order valence-electron chi connectivity index (χ4n) is 6.02. The van der Waals surface area contributed by atoms with Crippen LogP contribution in [0.15, 0.2) is 102 Å². The van der Waals surface area contributed by atoms with E-state index in [4.69, 9.17) is 24.1 Å².